The number of anilines is 2. The minimum absolute atomic E-state index is 0.290. The molecule has 1 aromatic heterocycles. The lowest BCUT2D eigenvalue weighted by Crippen LogP contribution is -2.18. The standard InChI is InChI=1S/C24H20N4O2/c1-17-7-4-9-19(15-17)26-24(30)21-11-2-3-12-22(21)27-23(29)18-8-5-10-20(16-18)28-14-6-13-25-28/h2-16H,1H3,(H,26,30)(H,27,29). The van der Waals surface area contributed by atoms with Crippen LogP contribution in [0, 0.1) is 6.92 Å². The lowest BCUT2D eigenvalue weighted by molar-refractivity contribution is 0.102. The highest BCUT2D eigenvalue weighted by atomic mass is 16.2. The third-order valence-electron chi connectivity index (χ3n) is 4.57. The Kier molecular flexibility index (Phi) is 5.39. The first kappa shape index (κ1) is 19.1. The van der Waals surface area contributed by atoms with Gasteiger partial charge in [-0.15, -0.1) is 0 Å². The Hall–Kier alpha value is -4.19. The van der Waals surface area contributed by atoms with Gasteiger partial charge in [0.25, 0.3) is 11.8 Å². The SMILES string of the molecule is Cc1cccc(NC(=O)c2ccccc2NC(=O)c2cccc(-n3cccn3)c2)c1. The number of amides is 2. The van der Waals surface area contributed by atoms with Crippen LogP contribution in [0.15, 0.2) is 91.3 Å². The minimum Gasteiger partial charge on any atom is -0.322 e. The zero-order valence-electron chi connectivity index (χ0n) is 16.4. The Bertz CT molecular complexity index is 1200. The van der Waals surface area contributed by atoms with E-state index in [9.17, 15) is 9.59 Å². The van der Waals surface area contributed by atoms with E-state index >= 15 is 0 Å². The fourth-order valence-corrected chi connectivity index (χ4v) is 3.12. The zero-order valence-corrected chi connectivity index (χ0v) is 16.4. The van der Waals surface area contributed by atoms with Crippen molar-refractivity contribution in [2.75, 3.05) is 10.6 Å². The number of benzene rings is 3. The Balaban J connectivity index is 1.55. The second-order valence-electron chi connectivity index (χ2n) is 6.82. The second kappa shape index (κ2) is 8.45. The van der Waals surface area contributed by atoms with Crippen LogP contribution < -0.4 is 10.6 Å². The largest absolute Gasteiger partial charge is 0.322 e. The average Bonchev–Trinajstić information content (AvgIpc) is 3.29. The normalized spacial score (nSPS) is 10.4. The number of nitrogens with one attached hydrogen (secondary N) is 2. The highest BCUT2D eigenvalue weighted by molar-refractivity contribution is 6.12. The third kappa shape index (κ3) is 4.28. The molecule has 6 nitrogen and oxygen atoms in total. The molecule has 0 radical (unpaired) electrons. The highest BCUT2D eigenvalue weighted by Crippen LogP contribution is 2.19. The van der Waals surface area contributed by atoms with Crippen molar-refractivity contribution < 1.29 is 9.59 Å². The molecule has 0 unspecified atom stereocenters. The summed E-state index contributed by atoms with van der Waals surface area (Å²) in [6.45, 7) is 1.96. The van der Waals surface area contributed by atoms with Crippen molar-refractivity contribution in [3.8, 4) is 5.69 Å². The molecule has 0 saturated heterocycles. The van der Waals surface area contributed by atoms with Crippen LogP contribution in [0.1, 0.15) is 26.3 Å². The maximum atomic E-state index is 12.8. The van der Waals surface area contributed by atoms with Gasteiger partial charge >= 0.3 is 0 Å². The summed E-state index contributed by atoms with van der Waals surface area (Å²) in [5.74, 6) is -0.596. The van der Waals surface area contributed by atoms with Gasteiger partial charge in [-0.05, 0) is 61.0 Å². The lowest BCUT2D eigenvalue weighted by Gasteiger charge is -2.12. The molecule has 148 valence electrons. The Labute approximate surface area is 174 Å². The number of para-hydroxylation sites is 1. The van der Waals surface area contributed by atoms with Gasteiger partial charge in [0.15, 0.2) is 0 Å². The zero-order chi connectivity index (χ0) is 20.9. The molecule has 6 heteroatoms. The smallest absolute Gasteiger partial charge is 0.257 e. The number of rotatable bonds is 5. The van der Waals surface area contributed by atoms with Crippen LogP contribution in [-0.2, 0) is 0 Å². The van der Waals surface area contributed by atoms with Crippen molar-refractivity contribution in [3.05, 3.63) is 108 Å². The van der Waals surface area contributed by atoms with E-state index in [1.165, 1.54) is 0 Å². The van der Waals surface area contributed by atoms with Crippen molar-refractivity contribution >= 4 is 23.2 Å². The predicted octanol–water partition coefficient (Wildman–Crippen LogP) is 4.69. The summed E-state index contributed by atoms with van der Waals surface area (Å²) in [5, 5.41) is 9.91. The minimum atomic E-state index is -0.306. The Morgan fingerprint density at radius 1 is 0.833 bits per heavy atom. The third-order valence-corrected chi connectivity index (χ3v) is 4.57. The van der Waals surface area contributed by atoms with Crippen LogP contribution in [0.4, 0.5) is 11.4 Å². The van der Waals surface area contributed by atoms with Crippen molar-refractivity contribution in [2.45, 2.75) is 6.92 Å². The molecule has 4 rings (SSSR count). The van der Waals surface area contributed by atoms with Crippen molar-refractivity contribution in [1.82, 2.24) is 9.78 Å². The molecule has 4 aromatic rings. The summed E-state index contributed by atoms with van der Waals surface area (Å²) in [5.41, 5.74) is 3.82. The fourth-order valence-electron chi connectivity index (χ4n) is 3.12. The predicted molar refractivity (Wildman–Crippen MR) is 117 cm³/mol. The quantitative estimate of drug-likeness (QED) is 0.514. The molecule has 0 aliphatic rings. The van der Waals surface area contributed by atoms with Crippen LogP contribution in [0.5, 0.6) is 0 Å². The van der Waals surface area contributed by atoms with Crippen LogP contribution in [0.25, 0.3) is 5.69 Å². The summed E-state index contributed by atoms with van der Waals surface area (Å²) >= 11 is 0. The molecular weight excluding hydrogens is 376 g/mol. The molecule has 0 atom stereocenters. The van der Waals surface area contributed by atoms with Gasteiger partial charge in [-0.25, -0.2) is 4.68 Å². The van der Waals surface area contributed by atoms with Gasteiger partial charge in [0, 0.05) is 23.6 Å². The van der Waals surface area contributed by atoms with Gasteiger partial charge in [0.05, 0.1) is 16.9 Å². The number of hydrogen-bond acceptors (Lipinski definition) is 3. The van der Waals surface area contributed by atoms with Crippen LogP contribution >= 0.6 is 0 Å². The van der Waals surface area contributed by atoms with E-state index in [0.29, 0.717) is 22.5 Å². The molecule has 0 aliphatic carbocycles. The maximum absolute atomic E-state index is 12.8. The van der Waals surface area contributed by atoms with E-state index in [2.05, 4.69) is 15.7 Å². The van der Waals surface area contributed by atoms with Crippen LogP contribution in [0.3, 0.4) is 0 Å². The molecule has 0 fully saturated rings. The first-order chi connectivity index (χ1) is 14.6. The number of aromatic nitrogens is 2. The first-order valence-electron chi connectivity index (χ1n) is 9.49. The van der Waals surface area contributed by atoms with Gasteiger partial charge in [-0.1, -0.05) is 30.3 Å². The van der Waals surface area contributed by atoms with Crippen LogP contribution in [-0.4, -0.2) is 21.6 Å². The van der Waals surface area contributed by atoms with Gasteiger partial charge in [0.2, 0.25) is 0 Å². The Morgan fingerprint density at radius 3 is 2.47 bits per heavy atom. The van der Waals surface area contributed by atoms with Crippen molar-refractivity contribution in [1.29, 1.82) is 0 Å². The molecular formula is C24H20N4O2. The molecule has 0 saturated carbocycles. The molecule has 1 heterocycles. The van der Waals surface area contributed by atoms with Crippen molar-refractivity contribution in [2.24, 2.45) is 0 Å². The molecule has 0 aliphatic heterocycles. The van der Waals surface area contributed by atoms with Gasteiger partial charge in [-0.2, -0.15) is 5.10 Å². The molecule has 0 bridgehead atoms. The average molecular weight is 396 g/mol. The lowest BCUT2D eigenvalue weighted by atomic mass is 10.1. The van der Waals surface area contributed by atoms with E-state index in [4.69, 9.17) is 0 Å². The second-order valence-corrected chi connectivity index (χ2v) is 6.82. The van der Waals surface area contributed by atoms with E-state index in [1.807, 2.05) is 49.5 Å². The molecule has 2 amide bonds. The molecule has 2 N–H and O–H groups in total. The summed E-state index contributed by atoms with van der Waals surface area (Å²) in [6.07, 6.45) is 3.48. The Morgan fingerprint density at radius 2 is 1.67 bits per heavy atom. The van der Waals surface area contributed by atoms with E-state index < -0.39 is 0 Å². The van der Waals surface area contributed by atoms with E-state index in [0.717, 1.165) is 11.3 Å². The number of aryl methyl sites for hydroxylation is 1. The summed E-state index contributed by atoms with van der Waals surface area (Å²) in [7, 11) is 0. The van der Waals surface area contributed by atoms with E-state index in [-0.39, 0.29) is 11.8 Å². The van der Waals surface area contributed by atoms with Crippen LogP contribution in [0.2, 0.25) is 0 Å². The molecule has 30 heavy (non-hydrogen) atoms. The number of hydrogen-bond donors (Lipinski definition) is 2. The molecule has 3 aromatic carbocycles. The number of nitrogens with zero attached hydrogens (tertiary/aromatic N) is 2. The summed E-state index contributed by atoms with van der Waals surface area (Å²) in [6, 6.07) is 23.4. The van der Waals surface area contributed by atoms with Gasteiger partial charge in [0.1, 0.15) is 0 Å². The van der Waals surface area contributed by atoms with E-state index in [1.54, 1.807) is 53.3 Å². The summed E-state index contributed by atoms with van der Waals surface area (Å²) < 4.78 is 1.68. The number of carbonyl (C=O) groups is 2. The fraction of sp³-hybridized carbons (Fsp3) is 0.0417. The monoisotopic (exact) mass is 396 g/mol. The topological polar surface area (TPSA) is 76.0 Å². The van der Waals surface area contributed by atoms with Crippen molar-refractivity contribution in [3.63, 3.8) is 0 Å². The highest BCUT2D eigenvalue weighted by Gasteiger charge is 2.15. The number of carbonyl (C=O) groups excluding carboxylic acids is 2. The molecule has 0 spiro atoms. The first-order valence-corrected chi connectivity index (χ1v) is 9.49. The van der Waals surface area contributed by atoms with Gasteiger partial charge < -0.3 is 10.6 Å². The summed E-state index contributed by atoms with van der Waals surface area (Å²) in [4.78, 5) is 25.6. The van der Waals surface area contributed by atoms with Gasteiger partial charge in [-0.3, -0.25) is 9.59 Å². The maximum Gasteiger partial charge on any atom is 0.257 e.